The van der Waals surface area contributed by atoms with Gasteiger partial charge in [0.2, 0.25) is 0 Å². The Labute approximate surface area is 116 Å². The number of aromatic hydroxyl groups is 1. The number of halogens is 2. The highest BCUT2D eigenvalue weighted by Gasteiger charge is 2.30. The van der Waals surface area contributed by atoms with E-state index in [4.69, 9.17) is 23.2 Å². The van der Waals surface area contributed by atoms with Crippen molar-refractivity contribution in [2.45, 2.75) is 23.6 Å². The zero-order chi connectivity index (χ0) is 13.2. The number of allylic oxidation sites excluding steroid dienone is 3. The Morgan fingerprint density at radius 1 is 1.22 bits per heavy atom. The predicted molar refractivity (Wildman–Crippen MR) is 74.3 cm³/mol. The van der Waals surface area contributed by atoms with E-state index < -0.39 is 4.33 Å². The van der Waals surface area contributed by atoms with Crippen LogP contribution in [0.15, 0.2) is 47.7 Å². The second-order valence-electron chi connectivity index (χ2n) is 4.39. The molecule has 0 saturated heterocycles. The summed E-state index contributed by atoms with van der Waals surface area (Å²) in [6.45, 7) is 0. The second-order valence-corrected chi connectivity index (χ2v) is 5.87. The van der Waals surface area contributed by atoms with E-state index >= 15 is 0 Å². The molecule has 0 saturated carbocycles. The van der Waals surface area contributed by atoms with Crippen molar-refractivity contribution in [3.63, 3.8) is 0 Å². The lowest BCUT2D eigenvalue weighted by Gasteiger charge is -2.25. The van der Waals surface area contributed by atoms with Gasteiger partial charge in [-0.3, -0.25) is 0 Å². The number of hydrogen-bond acceptors (Lipinski definition) is 2. The molecule has 0 bridgehead atoms. The number of hydrogen-bond donors (Lipinski definition) is 2. The Morgan fingerprint density at radius 2 is 2.00 bits per heavy atom. The largest absolute Gasteiger partial charge is 0.508 e. The minimum atomic E-state index is -1.06. The lowest BCUT2D eigenvalue weighted by molar-refractivity contribution is 0.424. The van der Waals surface area contributed by atoms with Gasteiger partial charge in [-0.05, 0) is 48.3 Å². The van der Waals surface area contributed by atoms with E-state index in [9.17, 15) is 10.2 Å². The van der Waals surface area contributed by atoms with Crippen LogP contribution < -0.4 is 0 Å². The van der Waals surface area contributed by atoms with E-state index in [1.807, 2.05) is 6.07 Å². The number of alkyl halides is 2. The zero-order valence-electron chi connectivity index (χ0n) is 9.74. The van der Waals surface area contributed by atoms with Crippen molar-refractivity contribution in [3.05, 3.63) is 53.3 Å². The molecule has 96 valence electrons. The molecule has 1 aromatic carbocycles. The lowest BCUT2D eigenvalue weighted by atomic mass is 9.96. The third kappa shape index (κ3) is 3.21. The number of benzene rings is 1. The summed E-state index contributed by atoms with van der Waals surface area (Å²) in [5.41, 5.74) is 1.66. The van der Waals surface area contributed by atoms with Gasteiger partial charge in [0, 0.05) is 6.42 Å². The Kier molecular flexibility index (Phi) is 3.88. The number of phenolic OH excluding ortho intramolecular Hbond substituents is 1. The highest BCUT2D eigenvalue weighted by molar-refractivity contribution is 6.50. The molecule has 2 N–H and O–H groups in total. The van der Waals surface area contributed by atoms with E-state index in [2.05, 4.69) is 0 Å². The Balaban J connectivity index is 2.19. The first-order chi connectivity index (χ1) is 8.47. The van der Waals surface area contributed by atoms with E-state index in [0.717, 1.165) is 24.0 Å². The summed E-state index contributed by atoms with van der Waals surface area (Å²) in [7, 11) is 0. The zero-order valence-corrected chi connectivity index (χ0v) is 11.2. The summed E-state index contributed by atoms with van der Waals surface area (Å²) in [6, 6.07) is 6.85. The Morgan fingerprint density at radius 3 is 2.67 bits per heavy atom. The summed E-state index contributed by atoms with van der Waals surface area (Å²) >= 11 is 12.7. The maximum Gasteiger partial charge on any atom is 0.143 e. The second kappa shape index (κ2) is 5.25. The fraction of sp³-hybridized carbons (Fsp3) is 0.286. The topological polar surface area (TPSA) is 40.5 Å². The monoisotopic (exact) mass is 284 g/mol. The molecule has 2 nitrogen and oxygen atoms in total. The number of phenols is 1. The summed E-state index contributed by atoms with van der Waals surface area (Å²) in [5.74, 6) is 0.398. The summed E-state index contributed by atoms with van der Waals surface area (Å²) in [4.78, 5) is 0. The van der Waals surface area contributed by atoms with Crippen molar-refractivity contribution < 1.29 is 10.2 Å². The molecule has 1 aliphatic rings. The van der Waals surface area contributed by atoms with E-state index in [1.165, 1.54) is 0 Å². The van der Waals surface area contributed by atoms with Gasteiger partial charge in [-0.1, -0.05) is 35.3 Å². The molecule has 1 aliphatic carbocycles. The third-order valence-electron chi connectivity index (χ3n) is 2.90. The first-order valence-electron chi connectivity index (χ1n) is 5.73. The molecule has 0 fully saturated rings. The van der Waals surface area contributed by atoms with Crippen LogP contribution in [0.1, 0.15) is 18.4 Å². The van der Waals surface area contributed by atoms with Crippen LogP contribution in [0.4, 0.5) is 0 Å². The molecule has 2 rings (SSSR count). The maximum atomic E-state index is 9.48. The predicted octanol–water partition coefficient (Wildman–Crippen LogP) is 4.27. The first-order valence-corrected chi connectivity index (χ1v) is 6.49. The van der Waals surface area contributed by atoms with Gasteiger partial charge in [-0.25, -0.2) is 0 Å². The summed E-state index contributed by atoms with van der Waals surface area (Å²) in [6.07, 6.45) is 5.21. The molecule has 0 aromatic heterocycles. The van der Waals surface area contributed by atoms with Crippen molar-refractivity contribution in [2.24, 2.45) is 0 Å². The highest BCUT2D eigenvalue weighted by Crippen LogP contribution is 2.38. The van der Waals surface area contributed by atoms with Gasteiger partial charge in [0.05, 0.1) is 0 Å². The van der Waals surface area contributed by atoms with Gasteiger partial charge in [-0.2, -0.15) is 0 Å². The summed E-state index contributed by atoms with van der Waals surface area (Å²) in [5, 5.41) is 18.9. The average molecular weight is 285 g/mol. The average Bonchev–Trinajstić information content (AvgIpc) is 2.28. The van der Waals surface area contributed by atoms with Crippen LogP contribution >= 0.6 is 23.2 Å². The molecule has 0 spiro atoms. The van der Waals surface area contributed by atoms with E-state index in [1.54, 1.807) is 30.4 Å². The van der Waals surface area contributed by atoms with Crippen LogP contribution in [-0.2, 0) is 6.42 Å². The van der Waals surface area contributed by atoms with Crippen LogP contribution in [0, 0.1) is 0 Å². The smallest absolute Gasteiger partial charge is 0.143 e. The van der Waals surface area contributed by atoms with E-state index in [-0.39, 0.29) is 11.5 Å². The van der Waals surface area contributed by atoms with Crippen molar-refractivity contribution in [3.8, 4) is 5.75 Å². The van der Waals surface area contributed by atoms with Crippen LogP contribution in [0.2, 0.25) is 0 Å². The van der Waals surface area contributed by atoms with Gasteiger partial charge in [0.25, 0.3) is 0 Å². The number of aliphatic hydroxyl groups is 1. The van der Waals surface area contributed by atoms with Crippen molar-refractivity contribution in [2.75, 3.05) is 0 Å². The molecule has 0 radical (unpaired) electrons. The fourth-order valence-electron chi connectivity index (χ4n) is 2.01. The van der Waals surface area contributed by atoms with Crippen molar-refractivity contribution in [1.82, 2.24) is 0 Å². The van der Waals surface area contributed by atoms with Gasteiger partial charge in [0.1, 0.15) is 15.8 Å². The van der Waals surface area contributed by atoms with Crippen molar-refractivity contribution in [1.29, 1.82) is 0 Å². The van der Waals surface area contributed by atoms with Crippen LogP contribution in [0.25, 0.3) is 0 Å². The molecule has 1 aromatic rings. The van der Waals surface area contributed by atoms with Crippen LogP contribution in [0.5, 0.6) is 5.75 Å². The lowest BCUT2D eigenvalue weighted by Crippen LogP contribution is -2.21. The third-order valence-corrected chi connectivity index (χ3v) is 3.65. The minimum absolute atomic E-state index is 0.192. The first kappa shape index (κ1) is 13.3. The van der Waals surface area contributed by atoms with Gasteiger partial charge >= 0.3 is 0 Å². The molecule has 18 heavy (non-hydrogen) atoms. The Bertz CT molecular complexity index is 504. The molecular weight excluding hydrogens is 271 g/mol. The molecular formula is C14H14Cl2O2. The number of aliphatic hydroxyl groups excluding tert-OH is 1. The molecule has 0 heterocycles. The normalized spacial score (nSPS) is 16.1. The fourth-order valence-corrected chi connectivity index (χ4v) is 2.62. The van der Waals surface area contributed by atoms with E-state index in [0.29, 0.717) is 6.42 Å². The SMILES string of the molecule is OC1=CCCC(C(Cl)(Cl)Cc2cccc(O)c2)=C1. The number of rotatable bonds is 3. The molecule has 0 atom stereocenters. The van der Waals surface area contributed by atoms with Gasteiger partial charge in [-0.15, -0.1) is 0 Å². The van der Waals surface area contributed by atoms with Crippen molar-refractivity contribution >= 4 is 23.2 Å². The highest BCUT2D eigenvalue weighted by atomic mass is 35.5. The standard InChI is InChI=1S/C14H14Cl2O2/c15-14(16,11-4-2-6-13(18)8-11)9-10-3-1-5-12(17)7-10/h1,3,5-8,17-18H,2,4,9H2. The quantitative estimate of drug-likeness (QED) is 0.814. The molecule has 0 unspecified atom stereocenters. The minimum Gasteiger partial charge on any atom is -0.508 e. The molecule has 0 amide bonds. The van der Waals surface area contributed by atoms with Gasteiger partial charge in [0.15, 0.2) is 0 Å². The van der Waals surface area contributed by atoms with Crippen LogP contribution in [-0.4, -0.2) is 14.5 Å². The Hall–Kier alpha value is -1.12. The molecule has 0 aliphatic heterocycles. The summed E-state index contributed by atoms with van der Waals surface area (Å²) < 4.78 is -1.06. The van der Waals surface area contributed by atoms with Gasteiger partial charge < -0.3 is 10.2 Å². The maximum absolute atomic E-state index is 9.48. The molecule has 4 heteroatoms. The van der Waals surface area contributed by atoms with Crippen LogP contribution in [0.3, 0.4) is 0 Å².